The molecule has 1 N–H and O–H groups in total. The summed E-state index contributed by atoms with van der Waals surface area (Å²) in [5.41, 5.74) is -0.462. The van der Waals surface area contributed by atoms with Gasteiger partial charge in [-0.25, -0.2) is 9.78 Å². The Balaban J connectivity index is 1.91. The predicted molar refractivity (Wildman–Crippen MR) is 91.6 cm³/mol. The number of carbonyl (C=O) groups is 1. The van der Waals surface area contributed by atoms with Crippen LogP contribution in [-0.2, 0) is 4.74 Å². The van der Waals surface area contributed by atoms with E-state index in [0.717, 1.165) is 35.3 Å². The average Bonchev–Trinajstić information content (AvgIpc) is 2.37. The van der Waals surface area contributed by atoms with Gasteiger partial charge < -0.3 is 15.0 Å². The summed E-state index contributed by atoms with van der Waals surface area (Å²) in [7, 11) is 0. The number of amides is 1. The van der Waals surface area contributed by atoms with E-state index in [-0.39, 0.29) is 12.1 Å². The molecule has 0 radical (unpaired) electrons. The maximum atomic E-state index is 11.8. The van der Waals surface area contributed by atoms with Gasteiger partial charge in [-0.3, -0.25) is 0 Å². The minimum Gasteiger partial charge on any atom is -0.444 e. The third-order valence-corrected chi connectivity index (χ3v) is 3.82. The molecule has 2 rings (SSSR count). The first-order chi connectivity index (χ1) is 9.83. The molecule has 1 aliphatic heterocycles. The average molecular weight is 403 g/mol. The maximum Gasteiger partial charge on any atom is 0.407 e. The highest BCUT2D eigenvalue weighted by Crippen LogP contribution is 2.19. The summed E-state index contributed by atoms with van der Waals surface area (Å²) in [6.45, 7) is 7.35. The number of anilines is 1. The molecule has 0 aromatic carbocycles. The smallest absolute Gasteiger partial charge is 0.407 e. The Hall–Kier alpha value is -1.05. The largest absolute Gasteiger partial charge is 0.444 e. The Morgan fingerprint density at radius 3 is 2.86 bits per heavy atom. The lowest BCUT2D eigenvalue weighted by molar-refractivity contribution is 0.0500. The quantitative estimate of drug-likeness (QED) is 0.771. The number of hydrogen-bond donors (Lipinski definition) is 1. The number of nitrogens with one attached hydrogen (secondary N) is 1. The molecule has 0 aliphatic carbocycles. The van der Waals surface area contributed by atoms with Gasteiger partial charge in [-0.05, 0) is 68.3 Å². The van der Waals surface area contributed by atoms with E-state index >= 15 is 0 Å². The summed E-state index contributed by atoms with van der Waals surface area (Å²) >= 11 is 2.25. The molecular weight excluding hydrogens is 381 g/mol. The molecule has 0 bridgehead atoms. The van der Waals surface area contributed by atoms with Crippen molar-refractivity contribution < 1.29 is 9.53 Å². The van der Waals surface area contributed by atoms with Crippen molar-refractivity contribution in [3.63, 3.8) is 0 Å². The Bertz CT molecular complexity index is 485. The fourth-order valence-electron chi connectivity index (χ4n) is 2.33. The fraction of sp³-hybridized carbons (Fsp3) is 0.600. The van der Waals surface area contributed by atoms with Gasteiger partial charge in [-0.1, -0.05) is 0 Å². The zero-order valence-corrected chi connectivity index (χ0v) is 14.9. The van der Waals surface area contributed by atoms with Crippen LogP contribution in [0.3, 0.4) is 0 Å². The van der Waals surface area contributed by atoms with Crippen molar-refractivity contribution in [3.8, 4) is 0 Å². The molecule has 1 aliphatic rings. The topological polar surface area (TPSA) is 54.5 Å². The monoisotopic (exact) mass is 403 g/mol. The van der Waals surface area contributed by atoms with Gasteiger partial charge in [0.15, 0.2) is 0 Å². The number of alkyl carbamates (subject to hydrolysis) is 1. The summed E-state index contributed by atoms with van der Waals surface area (Å²) in [6.07, 6.45) is 3.53. The predicted octanol–water partition coefficient (Wildman–Crippen LogP) is 3.18. The van der Waals surface area contributed by atoms with Crippen molar-refractivity contribution in [2.45, 2.75) is 45.3 Å². The molecule has 21 heavy (non-hydrogen) atoms. The second kappa shape index (κ2) is 6.81. The molecule has 1 fully saturated rings. The number of piperidine rings is 1. The van der Waals surface area contributed by atoms with Crippen LogP contribution in [0.15, 0.2) is 18.3 Å². The third-order valence-electron chi connectivity index (χ3n) is 3.18. The standard InChI is InChI=1S/C15H22IN3O2/c1-15(2,3)21-14(20)18-12-5-4-8-19(10-12)13-7-6-11(16)9-17-13/h6-7,9,12H,4-5,8,10H2,1-3H3,(H,18,20). The summed E-state index contributed by atoms with van der Waals surface area (Å²) in [5.74, 6) is 0.964. The number of rotatable bonds is 2. The van der Waals surface area contributed by atoms with E-state index in [1.54, 1.807) is 0 Å². The molecule has 1 aromatic heterocycles. The van der Waals surface area contributed by atoms with Gasteiger partial charge in [-0.2, -0.15) is 0 Å². The number of pyridine rings is 1. The van der Waals surface area contributed by atoms with E-state index < -0.39 is 5.60 Å². The summed E-state index contributed by atoms with van der Waals surface area (Å²) in [6, 6.07) is 4.18. The Morgan fingerprint density at radius 1 is 1.48 bits per heavy atom. The molecule has 6 heteroatoms. The first-order valence-electron chi connectivity index (χ1n) is 7.19. The summed E-state index contributed by atoms with van der Waals surface area (Å²) < 4.78 is 6.43. The molecule has 1 saturated heterocycles. The van der Waals surface area contributed by atoms with Crippen molar-refractivity contribution >= 4 is 34.5 Å². The number of aromatic nitrogens is 1. The van der Waals surface area contributed by atoms with Gasteiger partial charge in [-0.15, -0.1) is 0 Å². The van der Waals surface area contributed by atoms with Crippen LogP contribution >= 0.6 is 22.6 Å². The highest BCUT2D eigenvalue weighted by Gasteiger charge is 2.24. The van der Waals surface area contributed by atoms with E-state index in [0.29, 0.717) is 0 Å². The van der Waals surface area contributed by atoms with Crippen LogP contribution in [0.1, 0.15) is 33.6 Å². The van der Waals surface area contributed by atoms with Gasteiger partial charge in [0.05, 0.1) is 0 Å². The van der Waals surface area contributed by atoms with Crippen LogP contribution in [-0.4, -0.2) is 35.8 Å². The molecule has 0 spiro atoms. The molecule has 1 aromatic rings. The second-order valence-electron chi connectivity index (χ2n) is 6.27. The van der Waals surface area contributed by atoms with Crippen LogP contribution in [0.25, 0.3) is 0 Å². The highest BCUT2D eigenvalue weighted by molar-refractivity contribution is 14.1. The minimum absolute atomic E-state index is 0.106. The zero-order chi connectivity index (χ0) is 15.5. The van der Waals surface area contributed by atoms with Crippen LogP contribution in [0.5, 0.6) is 0 Å². The Labute approximate surface area is 139 Å². The summed E-state index contributed by atoms with van der Waals surface area (Å²) in [4.78, 5) is 18.5. The van der Waals surface area contributed by atoms with Crippen molar-refractivity contribution in [2.24, 2.45) is 0 Å². The normalized spacial score (nSPS) is 19.2. The highest BCUT2D eigenvalue weighted by atomic mass is 127. The van der Waals surface area contributed by atoms with E-state index in [9.17, 15) is 4.79 Å². The van der Waals surface area contributed by atoms with Gasteiger partial charge >= 0.3 is 6.09 Å². The third kappa shape index (κ3) is 5.33. The molecule has 116 valence electrons. The van der Waals surface area contributed by atoms with Crippen LogP contribution in [0.2, 0.25) is 0 Å². The lowest BCUT2D eigenvalue weighted by atomic mass is 10.1. The van der Waals surface area contributed by atoms with Gasteiger partial charge in [0.2, 0.25) is 0 Å². The SMILES string of the molecule is CC(C)(C)OC(=O)NC1CCCN(c2ccc(I)cn2)C1. The van der Waals surface area contributed by atoms with Crippen molar-refractivity contribution in [3.05, 3.63) is 21.9 Å². The summed E-state index contributed by atoms with van der Waals surface area (Å²) in [5, 5.41) is 2.95. The molecule has 0 saturated carbocycles. The number of carbonyl (C=O) groups excluding carboxylic acids is 1. The number of ether oxygens (including phenoxy) is 1. The molecule has 1 atom stereocenters. The van der Waals surface area contributed by atoms with Gasteiger partial charge in [0.25, 0.3) is 0 Å². The molecule has 1 unspecified atom stereocenters. The fourth-order valence-corrected chi connectivity index (χ4v) is 2.65. The van der Waals surface area contributed by atoms with Gasteiger partial charge in [0, 0.05) is 28.9 Å². The van der Waals surface area contributed by atoms with Crippen LogP contribution in [0, 0.1) is 3.57 Å². The first-order valence-corrected chi connectivity index (χ1v) is 8.27. The molecule has 1 amide bonds. The van der Waals surface area contributed by atoms with Crippen LogP contribution in [0.4, 0.5) is 10.6 Å². The van der Waals surface area contributed by atoms with E-state index in [2.05, 4.69) is 37.8 Å². The van der Waals surface area contributed by atoms with E-state index in [1.807, 2.05) is 39.1 Å². The van der Waals surface area contributed by atoms with Crippen LogP contribution < -0.4 is 10.2 Å². The Morgan fingerprint density at radius 2 is 2.24 bits per heavy atom. The molecule has 2 heterocycles. The Kier molecular flexibility index (Phi) is 5.29. The van der Waals surface area contributed by atoms with Crippen molar-refractivity contribution in [2.75, 3.05) is 18.0 Å². The van der Waals surface area contributed by atoms with Crippen molar-refractivity contribution in [1.29, 1.82) is 0 Å². The minimum atomic E-state index is -0.462. The van der Waals surface area contributed by atoms with Crippen molar-refractivity contribution in [1.82, 2.24) is 10.3 Å². The number of halogens is 1. The lowest BCUT2D eigenvalue weighted by Gasteiger charge is -2.34. The first kappa shape index (κ1) is 16.3. The van der Waals surface area contributed by atoms with E-state index in [4.69, 9.17) is 4.74 Å². The second-order valence-corrected chi connectivity index (χ2v) is 7.51. The number of nitrogens with zero attached hydrogens (tertiary/aromatic N) is 2. The maximum absolute atomic E-state index is 11.8. The van der Waals surface area contributed by atoms with E-state index in [1.165, 1.54) is 0 Å². The van der Waals surface area contributed by atoms with Gasteiger partial charge in [0.1, 0.15) is 11.4 Å². The molecule has 5 nitrogen and oxygen atoms in total. The lowest BCUT2D eigenvalue weighted by Crippen LogP contribution is -2.49. The number of hydrogen-bond acceptors (Lipinski definition) is 4. The zero-order valence-electron chi connectivity index (χ0n) is 12.7. The molecular formula is C15H22IN3O2.